The number of thiophene rings is 1. The Labute approximate surface area is 192 Å². The van der Waals surface area contributed by atoms with Crippen molar-refractivity contribution in [3.8, 4) is 17.6 Å². The molecule has 6 nitrogen and oxygen atoms in total. The van der Waals surface area contributed by atoms with Crippen molar-refractivity contribution in [2.75, 3.05) is 11.9 Å². The molecule has 0 saturated carbocycles. The van der Waals surface area contributed by atoms with Gasteiger partial charge in [0.25, 0.3) is 0 Å². The zero-order valence-corrected chi connectivity index (χ0v) is 18.3. The number of nitrogens with zero attached hydrogens (tertiary/aromatic N) is 2. The smallest absolute Gasteiger partial charge is 0.151 e. The molecule has 2 heterocycles. The van der Waals surface area contributed by atoms with Crippen molar-refractivity contribution >= 4 is 44.7 Å². The summed E-state index contributed by atoms with van der Waals surface area (Å²) < 4.78 is 19.9. The molecule has 2 aromatic heterocycles. The Morgan fingerprint density at radius 2 is 2.09 bits per heavy atom. The minimum Gasteiger partial charge on any atom is -0.487 e. The normalized spacial score (nSPS) is 11.6. The SMILES string of the molecule is N[C@H](C#Cc1cc2ncnc(Nc3ccc(OCc4cccc(F)c4)c(Cl)c3)c2s1)CO. The highest BCUT2D eigenvalue weighted by molar-refractivity contribution is 7.20. The molecule has 32 heavy (non-hydrogen) atoms. The van der Waals surface area contributed by atoms with E-state index in [4.69, 9.17) is 27.2 Å². The Morgan fingerprint density at radius 3 is 2.88 bits per heavy atom. The highest BCUT2D eigenvalue weighted by Crippen LogP contribution is 2.33. The first-order chi connectivity index (χ1) is 15.5. The predicted octanol–water partition coefficient (Wildman–Crippen LogP) is 4.48. The number of ether oxygens (including phenoxy) is 1. The molecule has 1 atom stereocenters. The summed E-state index contributed by atoms with van der Waals surface area (Å²) in [5.74, 6) is 6.53. The number of nitrogens with two attached hydrogens (primary N) is 1. The number of halogens is 2. The first kappa shape index (κ1) is 22.0. The van der Waals surface area contributed by atoms with Gasteiger partial charge < -0.3 is 20.9 Å². The molecule has 4 rings (SSSR count). The first-order valence-corrected chi connectivity index (χ1v) is 10.8. The zero-order valence-electron chi connectivity index (χ0n) is 16.7. The van der Waals surface area contributed by atoms with Crippen molar-refractivity contribution in [2.45, 2.75) is 12.6 Å². The van der Waals surface area contributed by atoms with Crippen LogP contribution in [0.25, 0.3) is 10.2 Å². The molecule has 2 aromatic carbocycles. The predicted molar refractivity (Wildman–Crippen MR) is 125 cm³/mol. The fourth-order valence-corrected chi connectivity index (χ4v) is 3.99. The molecule has 0 unspecified atom stereocenters. The minimum absolute atomic E-state index is 0.201. The second kappa shape index (κ2) is 9.94. The van der Waals surface area contributed by atoms with Crippen molar-refractivity contribution in [2.24, 2.45) is 5.73 Å². The van der Waals surface area contributed by atoms with E-state index in [9.17, 15) is 4.39 Å². The van der Waals surface area contributed by atoms with E-state index >= 15 is 0 Å². The molecule has 162 valence electrons. The van der Waals surface area contributed by atoms with Crippen LogP contribution in [-0.4, -0.2) is 27.7 Å². The number of aliphatic hydroxyl groups excluding tert-OH is 1. The van der Waals surface area contributed by atoms with Gasteiger partial charge in [0.2, 0.25) is 0 Å². The molecule has 0 fully saturated rings. The van der Waals surface area contributed by atoms with Crippen LogP contribution in [0.4, 0.5) is 15.9 Å². The summed E-state index contributed by atoms with van der Waals surface area (Å²) >= 11 is 7.80. The fourth-order valence-electron chi connectivity index (χ4n) is 2.83. The Balaban J connectivity index is 1.50. The minimum atomic E-state index is -0.590. The van der Waals surface area contributed by atoms with Crippen molar-refractivity contribution in [1.82, 2.24) is 9.97 Å². The average molecular weight is 469 g/mol. The van der Waals surface area contributed by atoms with Crippen molar-refractivity contribution in [3.63, 3.8) is 0 Å². The van der Waals surface area contributed by atoms with Crippen LogP contribution in [-0.2, 0) is 6.61 Å². The van der Waals surface area contributed by atoms with Crippen LogP contribution in [0, 0.1) is 17.7 Å². The number of fused-ring (bicyclic) bond motifs is 1. The molecule has 9 heteroatoms. The maximum atomic E-state index is 13.3. The number of hydrogen-bond acceptors (Lipinski definition) is 7. The summed E-state index contributed by atoms with van der Waals surface area (Å²) in [6.45, 7) is 0.00292. The van der Waals surface area contributed by atoms with Crippen LogP contribution >= 0.6 is 22.9 Å². The Kier molecular flexibility index (Phi) is 6.83. The highest BCUT2D eigenvalue weighted by Gasteiger charge is 2.10. The topological polar surface area (TPSA) is 93.3 Å². The highest BCUT2D eigenvalue weighted by atomic mass is 35.5. The molecule has 0 saturated heterocycles. The Hall–Kier alpha value is -3.22. The van der Waals surface area contributed by atoms with Gasteiger partial charge in [0.05, 0.1) is 32.8 Å². The fraction of sp³-hybridized carbons (Fsp3) is 0.130. The van der Waals surface area contributed by atoms with E-state index in [2.05, 4.69) is 27.1 Å². The lowest BCUT2D eigenvalue weighted by molar-refractivity contribution is 0.287. The maximum absolute atomic E-state index is 13.3. The van der Waals surface area contributed by atoms with Gasteiger partial charge in [-0.15, -0.1) is 11.3 Å². The van der Waals surface area contributed by atoms with E-state index in [1.54, 1.807) is 24.3 Å². The third kappa shape index (κ3) is 5.33. The zero-order chi connectivity index (χ0) is 22.5. The molecule has 4 aromatic rings. The third-order valence-corrected chi connectivity index (χ3v) is 5.71. The summed E-state index contributed by atoms with van der Waals surface area (Å²) in [6, 6.07) is 12.8. The van der Waals surface area contributed by atoms with Crippen LogP contribution in [0.1, 0.15) is 10.4 Å². The second-order valence-corrected chi connectivity index (χ2v) is 8.25. The van der Waals surface area contributed by atoms with Gasteiger partial charge in [-0.1, -0.05) is 35.6 Å². The van der Waals surface area contributed by atoms with Gasteiger partial charge in [-0.2, -0.15) is 0 Å². The largest absolute Gasteiger partial charge is 0.487 e. The number of aromatic nitrogens is 2. The van der Waals surface area contributed by atoms with E-state index < -0.39 is 6.04 Å². The molecule has 0 aliphatic rings. The van der Waals surface area contributed by atoms with E-state index in [1.165, 1.54) is 29.8 Å². The Bertz CT molecular complexity index is 1320. The van der Waals surface area contributed by atoms with E-state index in [-0.39, 0.29) is 19.0 Å². The summed E-state index contributed by atoms with van der Waals surface area (Å²) in [7, 11) is 0. The van der Waals surface area contributed by atoms with E-state index in [1.807, 2.05) is 12.1 Å². The number of aliphatic hydroxyl groups is 1. The third-order valence-electron chi connectivity index (χ3n) is 4.37. The van der Waals surface area contributed by atoms with Crippen LogP contribution in [0.15, 0.2) is 54.9 Å². The number of rotatable bonds is 6. The van der Waals surface area contributed by atoms with Gasteiger partial charge >= 0.3 is 0 Å². The van der Waals surface area contributed by atoms with Gasteiger partial charge in [-0.05, 0) is 42.0 Å². The second-order valence-electron chi connectivity index (χ2n) is 6.79. The van der Waals surface area contributed by atoms with Gasteiger partial charge in [0, 0.05) is 5.69 Å². The maximum Gasteiger partial charge on any atom is 0.151 e. The van der Waals surface area contributed by atoms with Crippen molar-refractivity contribution in [3.05, 3.63) is 76.1 Å². The van der Waals surface area contributed by atoms with Crippen molar-refractivity contribution in [1.29, 1.82) is 0 Å². The van der Waals surface area contributed by atoms with Gasteiger partial charge in [0.1, 0.15) is 24.5 Å². The Morgan fingerprint density at radius 1 is 1.22 bits per heavy atom. The van der Waals surface area contributed by atoms with Crippen LogP contribution in [0.3, 0.4) is 0 Å². The molecule has 0 bridgehead atoms. The lowest BCUT2D eigenvalue weighted by Gasteiger charge is -2.11. The standard InChI is InChI=1S/C23H18ClFN4O2S/c24-19-9-17(5-7-21(19)31-12-14-2-1-3-15(25)8-14)29-23-22-20(27-13-28-23)10-18(32-22)6-4-16(26)11-30/h1-3,5,7-10,13,16,30H,11-12,26H2,(H,27,28,29)/t16-/m1/s1. The summed E-state index contributed by atoms with van der Waals surface area (Å²) in [4.78, 5) is 9.38. The van der Waals surface area contributed by atoms with Crippen molar-refractivity contribution < 1.29 is 14.2 Å². The van der Waals surface area contributed by atoms with Crippen LogP contribution in [0.5, 0.6) is 5.75 Å². The quantitative estimate of drug-likeness (QED) is 0.361. The van der Waals surface area contributed by atoms with E-state index in [0.717, 1.165) is 20.8 Å². The summed E-state index contributed by atoms with van der Waals surface area (Å²) in [6.07, 6.45) is 1.46. The van der Waals surface area contributed by atoms with Gasteiger partial charge in [-0.25, -0.2) is 14.4 Å². The molecular weight excluding hydrogens is 451 g/mol. The lowest BCUT2D eigenvalue weighted by atomic mass is 10.2. The number of anilines is 2. The number of benzene rings is 2. The number of hydrogen-bond donors (Lipinski definition) is 3. The van der Waals surface area contributed by atoms with Gasteiger partial charge in [0.15, 0.2) is 5.82 Å². The number of nitrogens with one attached hydrogen (secondary N) is 1. The summed E-state index contributed by atoms with van der Waals surface area (Å²) in [5, 5.41) is 12.7. The monoisotopic (exact) mass is 468 g/mol. The molecule has 0 aliphatic heterocycles. The van der Waals surface area contributed by atoms with Gasteiger partial charge in [-0.3, -0.25) is 0 Å². The van der Waals surface area contributed by atoms with E-state index in [0.29, 0.717) is 22.2 Å². The van der Waals surface area contributed by atoms with Crippen LogP contribution < -0.4 is 15.8 Å². The molecule has 0 spiro atoms. The summed E-state index contributed by atoms with van der Waals surface area (Å²) in [5.41, 5.74) is 7.81. The molecular formula is C23H18ClFN4O2S. The lowest BCUT2D eigenvalue weighted by Crippen LogP contribution is -2.21. The molecule has 0 radical (unpaired) electrons. The molecule has 4 N–H and O–H groups in total. The molecule has 0 aliphatic carbocycles. The average Bonchev–Trinajstić information content (AvgIpc) is 3.21. The van der Waals surface area contributed by atoms with Crippen LogP contribution in [0.2, 0.25) is 5.02 Å². The molecule has 0 amide bonds. The first-order valence-electron chi connectivity index (χ1n) is 9.58.